The monoisotopic (exact) mass is 356 g/mol. The zero-order chi connectivity index (χ0) is 16.8. The van der Waals surface area contributed by atoms with Crippen molar-refractivity contribution in [2.45, 2.75) is 50.2 Å². The molecule has 1 spiro atoms. The third-order valence-corrected chi connectivity index (χ3v) is 7.61. The van der Waals surface area contributed by atoms with Crippen LogP contribution in [0.15, 0.2) is 18.2 Å². The summed E-state index contributed by atoms with van der Waals surface area (Å²) in [6.07, 6.45) is 1.07. The molecule has 2 nitrogen and oxygen atoms in total. The highest BCUT2D eigenvalue weighted by molar-refractivity contribution is 8.00. The summed E-state index contributed by atoms with van der Waals surface area (Å²) in [4.78, 5) is 6.54. The maximum atomic E-state index is 12.8. The second-order valence-corrected chi connectivity index (χ2v) is 8.65. The highest BCUT2D eigenvalue weighted by atomic mass is 32.2. The molecule has 132 valence electrons. The molecule has 0 radical (unpaired) electrons. The van der Waals surface area contributed by atoms with Gasteiger partial charge in [0.05, 0.1) is 0 Å². The molecule has 0 aromatic carbocycles. The molecule has 3 heterocycles. The van der Waals surface area contributed by atoms with Gasteiger partial charge in [-0.05, 0) is 50.8 Å². The summed E-state index contributed by atoms with van der Waals surface area (Å²) in [7, 11) is 0. The largest absolute Gasteiger partial charge is 0.433 e. The Morgan fingerprint density at radius 2 is 1.88 bits per heavy atom. The maximum Gasteiger partial charge on any atom is 0.433 e. The topological polar surface area (TPSA) is 16.1 Å². The van der Waals surface area contributed by atoms with Crippen LogP contribution in [-0.2, 0) is 6.18 Å². The van der Waals surface area contributed by atoms with E-state index in [0.29, 0.717) is 17.2 Å². The Kier molecular flexibility index (Phi) is 4.32. The smallest absolute Gasteiger partial charge is 0.300 e. The van der Waals surface area contributed by atoms with Gasteiger partial charge in [-0.1, -0.05) is 6.07 Å². The molecule has 1 aromatic heterocycles. The molecule has 0 atom stereocenters. The zero-order valence-electron chi connectivity index (χ0n) is 13.7. The van der Waals surface area contributed by atoms with Crippen LogP contribution in [0.5, 0.6) is 0 Å². The summed E-state index contributed by atoms with van der Waals surface area (Å²) in [5, 5.41) is 0. The summed E-state index contributed by atoms with van der Waals surface area (Å²) >= 11 is 2.06. The first-order valence-electron chi connectivity index (χ1n) is 8.81. The number of pyridine rings is 1. The van der Waals surface area contributed by atoms with Gasteiger partial charge in [-0.2, -0.15) is 24.9 Å². The molecule has 0 N–H and O–H groups in total. The van der Waals surface area contributed by atoms with E-state index < -0.39 is 11.9 Å². The normalized spacial score (nSPS) is 30.5. The average Bonchev–Trinajstić information content (AvgIpc) is 3.00. The Morgan fingerprint density at radius 3 is 2.46 bits per heavy atom. The molecule has 0 bridgehead atoms. The van der Waals surface area contributed by atoms with E-state index in [1.165, 1.54) is 37.1 Å². The first-order valence-corrected chi connectivity index (χ1v) is 9.97. The number of hydrogen-bond donors (Lipinski definition) is 0. The number of rotatable bonds is 2. The first kappa shape index (κ1) is 16.7. The minimum atomic E-state index is -4.35. The minimum absolute atomic E-state index is 0.180. The highest BCUT2D eigenvalue weighted by Crippen LogP contribution is 2.47. The first-order chi connectivity index (χ1) is 11.5. The Morgan fingerprint density at radius 1 is 1.12 bits per heavy atom. The van der Waals surface area contributed by atoms with Crippen molar-refractivity contribution in [2.75, 3.05) is 24.6 Å². The van der Waals surface area contributed by atoms with E-state index in [4.69, 9.17) is 0 Å². The van der Waals surface area contributed by atoms with Crippen molar-refractivity contribution in [3.63, 3.8) is 0 Å². The lowest BCUT2D eigenvalue weighted by Gasteiger charge is -2.40. The van der Waals surface area contributed by atoms with Gasteiger partial charge in [-0.3, -0.25) is 4.90 Å². The van der Waals surface area contributed by atoms with Gasteiger partial charge in [-0.25, -0.2) is 4.98 Å². The van der Waals surface area contributed by atoms with E-state index in [9.17, 15) is 13.2 Å². The van der Waals surface area contributed by atoms with E-state index in [2.05, 4.69) is 21.6 Å². The van der Waals surface area contributed by atoms with E-state index >= 15 is 0 Å². The Balaban J connectivity index is 1.36. The number of halogens is 3. The van der Waals surface area contributed by atoms with E-state index in [0.717, 1.165) is 31.7 Å². The Labute approximate surface area is 145 Å². The molecule has 2 aliphatic heterocycles. The molecule has 2 saturated heterocycles. The lowest BCUT2D eigenvalue weighted by atomic mass is 9.83. The van der Waals surface area contributed by atoms with Gasteiger partial charge < -0.3 is 0 Å². The van der Waals surface area contributed by atoms with Crippen LogP contribution in [0, 0.1) is 5.41 Å². The number of aromatic nitrogens is 1. The lowest BCUT2D eigenvalue weighted by Crippen LogP contribution is -2.42. The number of thioether (sulfide) groups is 1. The van der Waals surface area contributed by atoms with Crippen molar-refractivity contribution in [1.29, 1.82) is 0 Å². The Hall–Kier alpha value is -0.750. The van der Waals surface area contributed by atoms with Crippen molar-refractivity contribution in [1.82, 2.24) is 9.88 Å². The summed E-state index contributed by atoms with van der Waals surface area (Å²) < 4.78 is 38.5. The van der Waals surface area contributed by atoms with Crippen molar-refractivity contribution in [3.8, 4) is 0 Å². The van der Waals surface area contributed by atoms with Crippen molar-refractivity contribution in [2.24, 2.45) is 5.41 Å². The Bertz CT molecular complexity index is 592. The predicted molar refractivity (Wildman–Crippen MR) is 90.2 cm³/mol. The molecule has 24 heavy (non-hydrogen) atoms. The van der Waals surface area contributed by atoms with Crippen LogP contribution >= 0.6 is 11.8 Å². The number of nitrogens with zero attached hydrogens (tertiary/aromatic N) is 2. The number of hydrogen-bond acceptors (Lipinski definition) is 3. The van der Waals surface area contributed by atoms with Gasteiger partial charge in [0.25, 0.3) is 0 Å². The fourth-order valence-corrected chi connectivity index (χ4v) is 5.73. The summed E-state index contributed by atoms with van der Waals surface area (Å²) in [5.41, 5.74) is 0.451. The van der Waals surface area contributed by atoms with Crippen LogP contribution in [0.2, 0.25) is 0 Å². The third-order valence-electron chi connectivity index (χ3n) is 5.98. The SMILES string of the molecule is FC(F)(F)c1cccc([C@H]2CC[C@@H](N3CCC4(CSC4)C3)CC2)n1. The van der Waals surface area contributed by atoms with Crippen LogP contribution in [0.4, 0.5) is 13.2 Å². The van der Waals surface area contributed by atoms with Crippen molar-refractivity contribution >= 4 is 11.8 Å². The summed E-state index contributed by atoms with van der Waals surface area (Å²) in [6.45, 7) is 2.44. The highest BCUT2D eigenvalue weighted by Gasteiger charge is 2.45. The third kappa shape index (κ3) is 3.19. The molecule has 0 unspecified atom stereocenters. The zero-order valence-corrected chi connectivity index (χ0v) is 14.5. The minimum Gasteiger partial charge on any atom is -0.300 e. The number of likely N-dealkylation sites (tertiary alicyclic amines) is 1. The average molecular weight is 356 g/mol. The lowest BCUT2D eigenvalue weighted by molar-refractivity contribution is -0.141. The van der Waals surface area contributed by atoms with Crippen LogP contribution in [0.3, 0.4) is 0 Å². The van der Waals surface area contributed by atoms with E-state index in [-0.39, 0.29) is 5.92 Å². The van der Waals surface area contributed by atoms with E-state index in [1.54, 1.807) is 6.07 Å². The van der Waals surface area contributed by atoms with Gasteiger partial charge in [-0.15, -0.1) is 0 Å². The van der Waals surface area contributed by atoms with Gasteiger partial charge in [0.15, 0.2) is 0 Å². The fraction of sp³-hybridized carbons (Fsp3) is 0.722. The van der Waals surface area contributed by atoms with Crippen LogP contribution in [-0.4, -0.2) is 40.5 Å². The van der Waals surface area contributed by atoms with Crippen molar-refractivity contribution in [3.05, 3.63) is 29.6 Å². The predicted octanol–water partition coefficient (Wildman–Crippen LogP) is 4.57. The van der Waals surface area contributed by atoms with Gasteiger partial charge in [0, 0.05) is 41.1 Å². The fourth-order valence-electron chi connectivity index (χ4n) is 4.48. The molecule has 3 aliphatic rings. The molecule has 6 heteroatoms. The van der Waals surface area contributed by atoms with Crippen molar-refractivity contribution < 1.29 is 13.2 Å². The number of alkyl halides is 3. The standard InChI is InChI=1S/C18H23F3N2S/c19-18(20,21)16-3-1-2-15(22-16)13-4-6-14(7-5-13)23-9-8-17(10-23)11-24-12-17/h1-3,13-14H,4-12H2/t13-,14+. The molecule has 4 rings (SSSR count). The molecule has 1 saturated carbocycles. The summed E-state index contributed by atoms with van der Waals surface area (Å²) in [6, 6.07) is 4.94. The second-order valence-electron chi connectivity index (χ2n) is 7.66. The quantitative estimate of drug-likeness (QED) is 0.772. The molecule has 0 amide bonds. The molecular formula is C18H23F3N2S. The van der Waals surface area contributed by atoms with Crippen LogP contribution in [0.1, 0.15) is 49.4 Å². The maximum absolute atomic E-state index is 12.8. The van der Waals surface area contributed by atoms with Crippen LogP contribution in [0.25, 0.3) is 0 Å². The summed E-state index contributed by atoms with van der Waals surface area (Å²) in [5.74, 6) is 2.80. The van der Waals surface area contributed by atoms with E-state index in [1.807, 2.05) is 0 Å². The molecular weight excluding hydrogens is 333 g/mol. The van der Waals surface area contributed by atoms with Gasteiger partial charge in [0.2, 0.25) is 0 Å². The van der Waals surface area contributed by atoms with Gasteiger partial charge in [0.1, 0.15) is 5.69 Å². The van der Waals surface area contributed by atoms with Crippen LogP contribution < -0.4 is 0 Å². The molecule has 1 aliphatic carbocycles. The van der Waals surface area contributed by atoms with Gasteiger partial charge >= 0.3 is 6.18 Å². The molecule has 1 aromatic rings. The second kappa shape index (κ2) is 6.20. The molecule has 3 fully saturated rings.